The largest absolute Gasteiger partial charge is 0.383 e. The van der Waals surface area contributed by atoms with Gasteiger partial charge in [0.05, 0.1) is 5.52 Å². The molecular weight excluding hydrogens is 222 g/mol. The van der Waals surface area contributed by atoms with Crippen LogP contribution in [0.4, 0.5) is 5.82 Å². The molecule has 0 aliphatic heterocycles. The maximum atomic E-state index is 5.96. The van der Waals surface area contributed by atoms with Crippen molar-refractivity contribution in [3.8, 4) is 0 Å². The highest BCUT2D eigenvalue weighted by Crippen LogP contribution is 2.19. The molecule has 3 aromatic rings. The fraction of sp³-hybridized carbons (Fsp3) is 0.0667. The van der Waals surface area contributed by atoms with E-state index in [1.807, 2.05) is 36.4 Å². The fourth-order valence-corrected chi connectivity index (χ4v) is 2.05. The van der Waals surface area contributed by atoms with Crippen molar-refractivity contribution < 1.29 is 0 Å². The van der Waals surface area contributed by atoms with E-state index in [0.717, 1.165) is 23.0 Å². The molecule has 2 heterocycles. The molecule has 0 radical (unpaired) electrons. The molecule has 0 bridgehead atoms. The highest BCUT2D eigenvalue weighted by atomic mass is 14.9. The Morgan fingerprint density at radius 2 is 1.83 bits per heavy atom. The average molecular weight is 235 g/mol. The highest BCUT2D eigenvalue weighted by molar-refractivity contribution is 5.88. The van der Waals surface area contributed by atoms with Crippen molar-refractivity contribution in [2.75, 3.05) is 5.73 Å². The zero-order chi connectivity index (χ0) is 12.4. The number of rotatable bonds is 2. The third kappa shape index (κ3) is 2.02. The van der Waals surface area contributed by atoms with E-state index < -0.39 is 0 Å². The molecule has 3 rings (SSSR count). The minimum atomic E-state index is 0.548. The van der Waals surface area contributed by atoms with Gasteiger partial charge >= 0.3 is 0 Å². The maximum Gasteiger partial charge on any atom is 0.133 e. The number of hydrogen-bond acceptors (Lipinski definition) is 3. The molecule has 0 atom stereocenters. The van der Waals surface area contributed by atoms with Crippen LogP contribution in [0, 0.1) is 0 Å². The quantitative estimate of drug-likeness (QED) is 0.743. The Hall–Kier alpha value is -2.42. The Morgan fingerprint density at radius 3 is 2.67 bits per heavy atom. The third-order valence-electron chi connectivity index (χ3n) is 2.91. The molecule has 3 heteroatoms. The molecule has 88 valence electrons. The Kier molecular flexibility index (Phi) is 2.65. The van der Waals surface area contributed by atoms with Gasteiger partial charge in [0.25, 0.3) is 0 Å². The van der Waals surface area contributed by atoms with Crippen molar-refractivity contribution in [2.24, 2.45) is 0 Å². The number of benzene rings is 1. The van der Waals surface area contributed by atoms with Crippen LogP contribution in [0.3, 0.4) is 0 Å². The molecule has 0 spiro atoms. The smallest absolute Gasteiger partial charge is 0.133 e. The van der Waals surface area contributed by atoms with Gasteiger partial charge in [0, 0.05) is 23.7 Å². The van der Waals surface area contributed by atoms with E-state index in [4.69, 9.17) is 5.73 Å². The van der Waals surface area contributed by atoms with Crippen LogP contribution in [0.25, 0.3) is 10.9 Å². The Morgan fingerprint density at radius 1 is 1.00 bits per heavy atom. The minimum Gasteiger partial charge on any atom is -0.383 e. The van der Waals surface area contributed by atoms with E-state index in [9.17, 15) is 0 Å². The first-order chi connectivity index (χ1) is 8.83. The topological polar surface area (TPSA) is 51.8 Å². The number of nitrogens with zero attached hydrogens (tertiary/aromatic N) is 2. The van der Waals surface area contributed by atoms with Gasteiger partial charge in [-0.25, -0.2) is 4.98 Å². The molecule has 0 saturated heterocycles. The zero-order valence-electron chi connectivity index (χ0n) is 9.88. The van der Waals surface area contributed by atoms with Crippen molar-refractivity contribution >= 4 is 16.7 Å². The molecule has 0 aliphatic rings. The summed E-state index contributed by atoms with van der Waals surface area (Å²) >= 11 is 0. The fourth-order valence-electron chi connectivity index (χ4n) is 2.05. The average Bonchev–Trinajstić information content (AvgIpc) is 2.40. The minimum absolute atomic E-state index is 0.548. The molecule has 0 unspecified atom stereocenters. The van der Waals surface area contributed by atoms with Crippen LogP contribution >= 0.6 is 0 Å². The van der Waals surface area contributed by atoms with Gasteiger partial charge in [0.2, 0.25) is 0 Å². The second-order valence-corrected chi connectivity index (χ2v) is 4.23. The molecule has 3 nitrogen and oxygen atoms in total. The predicted octanol–water partition coefficient (Wildman–Crippen LogP) is 2.80. The molecule has 0 aliphatic carbocycles. The third-order valence-corrected chi connectivity index (χ3v) is 2.91. The predicted molar refractivity (Wildman–Crippen MR) is 73.2 cm³/mol. The summed E-state index contributed by atoms with van der Waals surface area (Å²) in [5.41, 5.74) is 9.03. The monoisotopic (exact) mass is 235 g/mol. The lowest BCUT2D eigenvalue weighted by molar-refractivity contribution is 1.09. The summed E-state index contributed by atoms with van der Waals surface area (Å²) in [4.78, 5) is 8.76. The second-order valence-electron chi connectivity index (χ2n) is 4.23. The van der Waals surface area contributed by atoms with Crippen LogP contribution in [0.1, 0.15) is 11.3 Å². The summed E-state index contributed by atoms with van der Waals surface area (Å²) in [6.45, 7) is 0. The lowest BCUT2D eigenvalue weighted by Crippen LogP contribution is -1.99. The van der Waals surface area contributed by atoms with Crippen LogP contribution in [0.2, 0.25) is 0 Å². The Labute approximate surface area is 105 Å². The van der Waals surface area contributed by atoms with Crippen molar-refractivity contribution in [1.82, 2.24) is 9.97 Å². The van der Waals surface area contributed by atoms with Crippen LogP contribution in [-0.4, -0.2) is 9.97 Å². The van der Waals surface area contributed by atoms with Crippen molar-refractivity contribution in [3.63, 3.8) is 0 Å². The molecular formula is C15H13N3. The van der Waals surface area contributed by atoms with Gasteiger partial charge < -0.3 is 5.73 Å². The van der Waals surface area contributed by atoms with Gasteiger partial charge in [-0.2, -0.15) is 0 Å². The lowest BCUT2D eigenvalue weighted by atomic mass is 10.1. The zero-order valence-corrected chi connectivity index (χ0v) is 9.88. The molecule has 0 amide bonds. The van der Waals surface area contributed by atoms with Gasteiger partial charge in [-0.1, -0.05) is 30.3 Å². The first-order valence-electron chi connectivity index (χ1n) is 5.87. The van der Waals surface area contributed by atoms with Crippen molar-refractivity contribution in [2.45, 2.75) is 6.42 Å². The first-order valence-corrected chi connectivity index (χ1v) is 5.87. The van der Waals surface area contributed by atoms with Crippen LogP contribution in [0.5, 0.6) is 0 Å². The van der Waals surface area contributed by atoms with Gasteiger partial charge in [-0.3, -0.25) is 4.98 Å². The standard InChI is InChI=1S/C15H13N3/c16-15-13-7-4-8-17-14(13)10-12(18-15)9-11-5-2-1-3-6-11/h1-8,10H,9H2,(H2,16,18). The number of aromatic nitrogens is 2. The number of fused-ring (bicyclic) bond motifs is 1. The van der Waals surface area contributed by atoms with E-state index in [1.54, 1.807) is 6.20 Å². The Balaban J connectivity index is 2.03. The lowest BCUT2D eigenvalue weighted by Gasteiger charge is -2.05. The van der Waals surface area contributed by atoms with E-state index >= 15 is 0 Å². The second kappa shape index (κ2) is 4.45. The molecule has 1 aromatic carbocycles. The van der Waals surface area contributed by atoms with Gasteiger partial charge in [0.1, 0.15) is 5.82 Å². The summed E-state index contributed by atoms with van der Waals surface area (Å²) in [7, 11) is 0. The normalized spacial score (nSPS) is 10.7. The van der Waals surface area contributed by atoms with Crippen LogP contribution in [-0.2, 0) is 6.42 Å². The molecule has 0 saturated carbocycles. The summed E-state index contributed by atoms with van der Waals surface area (Å²) in [5.74, 6) is 0.548. The molecule has 2 aromatic heterocycles. The molecule has 2 N–H and O–H groups in total. The van der Waals surface area contributed by atoms with Gasteiger partial charge in [-0.15, -0.1) is 0 Å². The number of anilines is 1. The summed E-state index contributed by atoms with van der Waals surface area (Å²) in [5, 5.41) is 0.911. The van der Waals surface area contributed by atoms with E-state index in [-0.39, 0.29) is 0 Å². The number of pyridine rings is 2. The van der Waals surface area contributed by atoms with Crippen LogP contribution in [0.15, 0.2) is 54.7 Å². The maximum absolute atomic E-state index is 5.96. The van der Waals surface area contributed by atoms with E-state index in [0.29, 0.717) is 5.82 Å². The SMILES string of the molecule is Nc1nc(Cc2ccccc2)cc2ncccc12. The van der Waals surface area contributed by atoms with Crippen molar-refractivity contribution in [1.29, 1.82) is 0 Å². The van der Waals surface area contributed by atoms with Crippen molar-refractivity contribution in [3.05, 3.63) is 66.0 Å². The summed E-state index contributed by atoms with van der Waals surface area (Å²) < 4.78 is 0. The molecule has 18 heavy (non-hydrogen) atoms. The van der Waals surface area contributed by atoms with E-state index in [2.05, 4.69) is 22.1 Å². The highest BCUT2D eigenvalue weighted by Gasteiger charge is 2.04. The van der Waals surface area contributed by atoms with Crippen LogP contribution < -0.4 is 5.73 Å². The van der Waals surface area contributed by atoms with E-state index in [1.165, 1.54) is 5.56 Å². The van der Waals surface area contributed by atoms with Gasteiger partial charge in [-0.05, 0) is 23.8 Å². The number of nitrogen functional groups attached to an aromatic ring is 1. The summed E-state index contributed by atoms with van der Waals surface area (Å²) in [6, 6.07) is 16.0. The van der Waals surface area contributed by atoms with Gasteiger partial charge in [0.15, 0.2) is 0 Å². The number of hydrogen-bond donors (Lipinski definition) is 1. The molecule has 0 fully saturated rings. The number of nitrogens with two attached hydrogens (primary N) is 1. The summed E-state index contributed by atoms with van der Waals surface area (Å²) in [6.07, 6.45) is 2.55. The first kappa shape index (κ1) is 10.7. The Bertz CT molecular complexity index is 678.